The maximum Gasteiger partial charge on any atom is 0.0375 e. The van der Waals surface area contributed by atoms with Crippen LogP contribution in [0.3, 0.4) is 0 Å². The van der Waals surface area contributed by atoms with E-state index >= 15 is 0 Å². The highest BCUT2D eigenvalue weighted by Crippen LogP contribution is 2.47. The highest BCUT2D eigenvalue weighted by Gasteiger charge is 2.25. The minimum atomic E-state index is -1.14. The molecule has 0 heterocycles. The molecule has 0 aliphatic heterocycles. The second-order valence-electron chi connectivity index (χ2n) is 5.84. The lowest BCUT2D eigenvalue weighted by molar-refractivity contribution is 1.41. The van der Waals surface area contributed by atoms with Gasteiger partial charge < -0.3 is 0 Å². The summed E-state index contributed by atoms with van der Waals surface area (Å²) in [5, 5.41) is 6.75. The third kappa shape index (κ3) is 2.97. The molecule has 3 rings (SSSR count). The zero-order valence-corrected chi connectivity index (χ0v) is 13.3. The van der Waals surface area contributed by atoms with Gasteiger partial charge in [0.05, 0.1) is 0 Å². The van der Waals surface area contributed by atoms with Gasteiger partial charge in [-0.2, -0.15) is 10.2 Å². The van der Waals surface area contributed by atoms with E-state index in [1.807, 2.05) is 0 Å². The first-order chi connectivity index (χ1) is 10.1. The Labute approximate surface area is 128 Å². The van der Waals surface area contributed by atoms with E-state index < -0.39 is 10.2 Å². The van der Waals surface area contributed by atoms with Crippen molar-refractivity contribution in [2.75, 3.05) is 12.5 Å². The molecule has 1 aliphatic carbocycles. The molecule has 0 radical (unpaired) electrons. The highest BCUT2D eigenvalue weighted by atomic mass is 32.3. The van der Waals surface area contributed by atoms with Crippen LogP contribution in [0, 0.1) is 0 Å². The van der Waals surface area contributed by atoms with E-state index in [9.17, 15) is 0 Å². The summed E-state index contributed by atoms with van der Waals surface area (Å²) in [4.78, 5) is 0. The summed E-state index contributed by atoms with van der Waals surface area (Å²) >= 11 is 0. The van der Waals surface area contributed by atoms with Crippen molar-refractivity contribution in [2.45, 2.75) is 5.25 Å². The fourth-order valence-electron chi connectivity index (χ4n) is 2.65. The molecule has 1 nitrogen and oxygen atoms in total. The Morgan fingerprint density at radius 2 is 1.10 bits per heavy atom. The lowest BCUT2D eigenvalue weighted by Gasteiger charge is -2.30. The van der Waals surface area contributed by atoms with Crippen molar-refractivity contribution in [1.82, 2.24) is 0 Å². The molecular formula is C19H21NS. The number of benzene rings is 2. The van der Waals surface area contributed by atoms with Gasteiger partial charge in [-0.25, -0.2) is 0 Å². The average Bonchev–Trinajstić information content (AvgIpc) is 2.94. The third-order valence-corrected chi connectivity index (χ3v) is 5.50. The van der Waals surface area contributed by atoms with Crippen molar-refractivity contribution in [2.24, 2.45) is 5.14 Å². The predicted octanol–water partition coefficient (Wildman–Crippen LogP) is 4.47. The summed E-state index contributed by atoms with van der Waals surface area (Å²) in [6, 6.07) is 21.2. The molecule has 2 aromatic rings. The normalized spacial score (nSPS) is 16.5. The van der Waals surface area contributed by atoms with Crippen LogP contribution in [0.25, 0.3) is 11.1 Å². The van der Waals surface area contributed by atoms with Crippen molar-refractivity contribution < 1.29 is 0 Å². The minimum absolute atomic E-state index is 0.336. The van der Waals surface area contributed by atoms with Gasteiger partial charge in [0.25, 0.3) is 0 Å². The monoisotopic (exact) mass is 295 g/mol. The number of allylic oxidation sites excluding steroid dienone is 2. The van der Waals surface area contributed by atoms with Gasteiger partial charge in [0.1, 0.15) is 0 Å². The predicted molar refractivity (Wildman–Crippen MR) is 96.3 cm³/mol. The molecular weight excluding hydrogens is 274 g/mol. The molecule has 21 heavy (non-hydrogen) atoms. The van der Waals surface area contributed by atoms with Crippen molar-refractivity contribution >= 4 is 21.4 Å². The molecule has 0 amide bonds. The number of rotatable bonds is 3. The highest BCUT2D eigenvalue weighted by molar-refractivity contribution is 8.31. The molecule has 0 aromatic heterocycles. The maximum absolute atomic E-state index is 6.42. The maximum atomic E-state index is 6.42. The van der Waals surface area contributed by atoms with Gasteiger partial charge in [0, 0.05) is 5.25 Å². The molecule has 2 N–H and O–H groups in total. The average molecular weight is 295 g/mol. The van der Waals surface area contributed by atoms with E-state index in [0.29, 0.717) is 5.25 Å². The van der Waals surface area contributed by atoms with Crippen LogP contribution < -0.4 is 5.14 Å². The van der Waals surface area contributed by atoms with E-state index in [1.54, 1.807) is 0 Å². The van der Waals surface area contributed by atoms with Gasteiger partial charge in [-0.3, -0.25) is 5.14 Å². The van der Waals surface area contributed by atoms with Crippen LogP contribution >= 0.6 is 10.2 Å². The van der Waals surface area contributed by atoms with Crippen LogP contribution in [0.1, 0.15) is 11.1 Å². The number of hydrogen-bond acceptors (Lipinski definition) is 1. The lowest BCUT2D eigenvalue weighted by atomic mass is 9.95. The summed E-state index contributed by atoms with van der Waals surface area (Å²) in [5.74, 6) is 0. The molecule has 1 aliphatic rings. The van der Waals surface area contributed by atoms with E-state index in [4.69, 9.17) is 5.14 Å². The van der Waals surface area contributed by atoms with Crippen molar-refractivity contribution in [3.63, 3.8) is 0 Å². The minimum Gasteiger partial charge on any atom is -0.294 e. The topological polar surface area (TPSA) is 26.0 Å². The molecule has 0 fully saturated rings. The smallest absolute Gasteiger partial charge is 0.0375 e. The molecule has 0 unspecified atom stereocenters. The molecule has 2 aromatic carbocycles. The van der Waals surface area contributed by atoms with Crippen molar-refractivity contribution in [3.8, 4) is 0 Å². The van der Waals surface area contributed by atoms with E-state index in [1.165, 1.54) is 22.3 Å². The summed E-state index contributed by atoms with van der Waals surface area (Å²) in [7, 11) is -1.14. The zero-order valence-electron chi connectivity index (χ0n) is 12.5. The molecule has 0 atom stereocenters. The molecule has 2 heteroatoms. The second-order valence-corrected chi connectivity index (χ2v) is 9.36. The Kier molecular flexibility index (Phi) is 3.75. The Bertz CT molecular complexity index is 623. The Hall–Kier alpha value is -1.77. The van der Waals surface area contributed by atoms with Gasteiger partial charge >= 0.3 is 0 Å². The Morgan fingerprint density at radius 1 is 0.714 bits per heavy atom. The SMILES string of the molecule is CS(C)(N)C1C=C(c2ccccc2)C(c2ccccc2)=C1. The number of hydrogen-bond donors (Lipinski definition) is 1. The van der Waals surface area contributed by atoms with Gasteiger partial charge in [0.2, 0.25) is 0 Å². The van der Waals surface area contributed by atoms with Gasteiger partial charge in [-0.15, -0.1) is 0 Å². The summed E-state index contributed by atoms with van der Waals surface area (Å²) in [6.07, 6.45) is 9.02. The molecule has 108 valence electrons. The van der Waals surface area contributed by atoms with Gasteiger partial charge in [-0.1, -0.05) is 72.8 Å². The van der Waals surface area contributed by atoms with Crippen LogP contribution in [-0.2, 0) is 0 Å². The summed E-state index contributed by atoms with van der Waals surface area (Å²) < 4.78 is 0. The zero-order chi connectivity index (χ0) is 14.9. The first kappa shape index (κ1) is 14.2. The van der Waals surface area contributed by atoms with Crippen LogP contribution in [0.4, 0.5) is 0 Å². The summed E-state index contributed by atoms with van der Waals surface area (Å²) in [6.45, 7) is 0. The quantitative estimate of drug-likeness (QED) is 0.888. The molecule has 0 saturated heterocycles. The summed E-state index contributed by atoms with van der Waals surface area (Å²) in [5.41, 5.74) is 5.13. The molecule has 0 saturated carbocycles. The third-order valence-electron chi connectivity index (χ3n) is 3.82. The van der Waals surface area contributed by atoms with Crippen molar-refractivity contribution in [1.29, 1.82) is 0 Å². The van der Waals surface area contributed by atoms with Crippen LogP contribution in [-0.4, -0.2) is 17.8 Å². The van der Waals surface area contributed by atoms with E-state index in [0.717, 1.165) is 0 Å². The van der Waals surface area contributed by atoms with E-state index in [-0.39, 0.29) is 0 Å². The molecule has 0 spiro atoms. The first-order valence-corrected chi connectivity index (χ1v) is 9.68. The molecule has 0 bridgehead atoms. The number of nitrogens with two attached hydrogens (primary N) is 1. The van der Waals surface area contributed by atoms with E-state index in [2.05, 4.69) is 85.3 Å². The Morgan fingerprint density at radius 3 is 1.43 bits per heavy atom. The lowest BCUT2D eigenvalue weighted by Crippen LogP contribution is -2.18. The first-order valence-electron chi connectivity index (χ1n) is 7.10. The largest absolute Gasteiger partial charge is 0.294 e. The standard InChI is InChI=1S/C19H21NS/c1-21(2,20)17-13-18(15-9-5-3-6-10-15)19(14-17)16-11-7-4-8-12-16/h3-14,17H,20H2,1-2H3. The second kappa shape index (κ2) is 5.55. The van der Waals surface area contributed by atoms with Crippen LogP contribution in [0.2, 0.25) is 0 Å². The Balaban J connectivity index is 2.09. The van der Waals surface area contributed by atoms with Crippen molar-refractivity contribution in [3.05, 3.63) is 83.9 Å². The van der Waals surface area contributed by atoms with Crippen LogP contribution in [0.15, 0.2) is 72.8 Å². The van der Waals surface area contributed by atoms with Gasteiger partial charge in [0.15, 0.2) is 0 Å². The fourth-order valence-corrected chi connectivity index (χ4v) is 3.62. The van der Waals surface area contributed by atoms with Crippen LogP contribution in [0.5, 0.6) is 0 Å². The fraction of sp³-hybridized carbons (Fsp3) is 0.158. The van der Waals surface area contributed by atoms with Gasteiger partial charge in [-0.05, 0) is 34.8 Å².